The molecule has 2 unspecified atom stereocenters. The van der Waals surface area contributed by atoms with Crippen molar-refractivity contribution in [3.05, 3.63) is 36.2 Å². The van der Waals surface area contributed by atoms with Gasteiger partial charge in [0.05, 0.1) is 29.3 Å². The number of benzene rings is 1. The molecule has 2 aliphatic heterocycles. The molecule has 2 aromatic rings. The first kappa shape index (κ1) is 19.3. The van der Waals surface area contributed by atoms with Gasteiger partial charge >= 0.3 is 0 Å². The van der Waals surface area contributed by atoms with Crippen molar-refractivity contribution in [2.75, 3.05) is 19.6 Å². The second-order valence-electron chi connectivity index (χ2n) is 8.97. The molecule has 30 heavy (non-hydrogen) atoms. The Morgan fingerprint density at radius 2 is 2.17 bits per heavy atom. The molecule has 1 saturated heterocycles. The molecule has 3 N–H and O–H groups in total. The van der Waals surface area contributed by atoms with Crippen LogP contribution in [0, 0.1) is 11.3 Å². The van der Waals surface area contributed by atoms with Crippen LogP contribution in [0.15, 0.2) is 30.6 Å². The zero-order chi connectivity index (χ0) is 20.9. The molecule has 2 fully saturated rings. The van der Waals surface area contributed by atoms with Crippen LogP contribution in [0.4, 0.5) is 0 Å². The Morgan fingerprint density at radius 1 is 1.33 bits per heavy atom. The lowest BCUT2D eigenvalue weighted by molar-refractivity contribution is -0.144. The number of rotatable bonds is 3. The topological polar surface area (TPSA) is 99.5 Å². The van der Waals surface area contributed by atoms with Crippen molar-refractivity contribution >= 4 is 28.4 Å². The standard InChI is InChI=1S/C22H27N5O3/c1-26-13-24-17-3-2-15(10-18(17)26)14-4-8-27(9-5-14)21(29)19-16(20(28)25-30)11-22(6-7-22)12-23-19/h2-4,10,13,16,19,23,30H,5-9,11-12H2,1H3,(H,25,28). The fraction of sp³-hybridized carbons (Fsp3) is 0.500. The summed E-state index contributed by atoms with van der Waals surface area (Å²) in [5.74, 6) is -1.06. The second kappa shape index (κ2) is 7.21. The lowest BCUT2D eigenvalue weighted by atomic mass is 9.81. The number of amides is 2. The maximum absolute atomic E-state index is 13.2. The van der Waals surface area contributed by atoms with Crippen molar-refractivity contribution in [2.24, 2.45) is 18.4 Å². The third-order valence-electron chi connectivity index (χ3n) is 7.04. The van der Waals surface area contributed by atoms with Crippen molar-refractivity contribution in [2.45, 2.75) is 31.7 Å². The number of hydroxylamine groups is 1. The van der Waals surface area contributed by atoms with Gasteiger partial charge in [-0.2, -0.15) is 0 Å². The minimum Gasteiger partial charge on any atom is -0.337 e. The number of carbonyl (C=O) groups excluding carboxylic acids is 2. The van der Waals surface area contributed by atoms with Crippen LogP contribution >= 0.6 is 0 Å². The fourth-order valence-corrected chi connectivity index (χ4v) is 4.92. The number of carbonyl (C=O) groups is 2. The van der Waals surface area contributed by atoms with Gasteiger partial charge in [0.1, 0.15) is 0 Å². The maximum Gasteiger partial charge on any atom is 0.248 e. The number of hydrogen-bond acceptors (Lipinski definition) is 5. The van der Waals surface area contributed by atoms with E-state index in [4.69, 9.17) is 5.21 Å². The zero-order valence-electron chi connectivity index (χ0n) is 17.1. The number of fused-ring (bicyclic) bond motifs is 1. The van der Waals surface area contributed by atoms with Gasteiger partial charge in [-0.25, -0.2) is 10.5 Å². The Balaban J connectivity index is 1.31. The van der Waals surface area contributed by atoms with E-state index in [2.05, 4.69) is 28.5 Å². The number of aromatic nitrogens is 2. The van der Waals surface area contributed by atoms with E-state index in [1.165, 1.54) is 5.57 Å². The fourth-order valence-electron chi connectivity index (χ4n) is 4.92. The lowest BCUT2D eigenvalue weighted by Crippen LogP contribution is -2.59. The third-order valence-corrected chi connectivity index (χ3v) is 7.04. The summed E-state index contributed by atoms with van der Waals surface area (Å²) in [5, 5.41) is 12.5. The molecule has 3 aliphatic rings. The molecule has 0 bridgehead atoms. The predicted octanol–water partition coefficient (Wildman–Crippen LogP) is 1.45. The number of aryl methyl sites for hydroxylation is 1. The molecule has 1 aromatic heterocycles. The molecule has 8 nitrogen and oxygen atoms in total. The molecule has 2 atom stereocenters. The first-order chi connectivity index (χ1) is 14.5. The van der Waals surface area contributed by atoms with E-state index in [0.717, 1.165) is 42.4 Å². The monoisotopic (exact) mass is 409 g/mol. The summed E-state index contributed by atoms with van der Waals surface area (Å²) >= 11 is 0. The van der Waals surface area contributed by atoms with Gasteiger partial charge < -0.3 is 14.8 Å². The van der Waals surface area contributed by atoms with Crippen LogP contribution in [0.3, 0.4) is 0 Å². The molecule has 0 radical (unpaired) electrons. The largest absolute Gasteiger partial charge is 0.337 e. The third kappa shape index (κ3) is 3.30. The van der Waals surface area contributed by atoms with Crippen molar-refractivity contribution in [3.63, 3.8) is 0 Å². The van der Waals surface area contributed by atoms with E-state index in [0.29, 0.717) is 19.5 Å². The van der Waals surface area contributed by atoms with Crippen LogP contribution in [-0.2, 0) is 16.6 Å². The smallest absolute Gasteiger partial charge is 0.248 e. The molecular weight excluding hydrogens is 382 g/mol. The SMILES string of the molecule is Cn1cnc2ccc(C3=CCN(C(=O)C4NCC5(CC5)CC4C(=O)NO)CC3)cc21. The van der Waals surface area contributed by atoms with Gasteiger partial charge in [0.25, 0.3) is 0 Å². The Hall–Kier alpha value is -2.71. The number of imidazole rings is 1. The minimum atomic E-state index is -0.580. The highest BCUT2D eigenvalue weighted by molar-refractivity contribution is 5.91. The van der Waals surface area contributed by atoms with E-state index in [9.17, 15) is 9.59 Å². The summed E-state index contributed by atoms with van der Waals surface area (Å²) in [5.41, 5.74) is 6.33. The van der Waals surface area contributed by atoms with E-state index in [1.807, 2.05) is 28.9 Å². The molecule has 1 spiro atoms. The van der Waals surface area contributed by atoms with E-state index in [-0.39, 0.29) is 11.3 Å². The number of nitrogens with zero attached hydrogens (tertiary/aromatic N) is 3. The Kier molecular flexibility index (Phi) is 4.63. The molecule has 1 aliphatic carbocycles. The highest BCUT2D eigenvalue weighted by atomic mass is 16.5. The average Bonchev–Trinajstić information content (AvgIpc) is 3.44. The van der Waals surface area contributed by atoms with Crippen LogP contribution in [0.2, 0.25) is 0 Å². The Bertz CT molecular complexity index is 1040. The summed E-state index contributed by atoms with van der Waals surface area (Å²) in [6, 6.07) is 5.67. The predicted molar refractivity (Wildman–Crippen MR) is 111 cm³/mol. The van der Waals surface area contributed by atoms with Gasteiger partial charge in [-0.3, -0.25) is 14.8 Å². The van der Waals surface area contributed by atoms with Gasteiger partial charge in [0.15, 0.2) is 0 Å². The van der Waals surface area contributed by atoms with Gasteiger partial charge in [-0.15, -0.1) is 0 Å². The van der Waals surface area contributed by atoms with E-state index >= 15 is 0 Å². The van der Waals surface area contributed by atoms with Crippen LogP contribution in [0.1, 0.15) is 31.2 Å². The minimum absolute atomic E-state index is 0.0588. The summed E-state index contributed by atoms with van der Waals surface area (Å²) in [4.78, 5) is 31.6. The maximum atomic E-state index is 13.2. The Labute approximate surface area is 174 Å². The first-order valence-corrected chi connectivity index (χ1v) is 10.6. The highest BCUT2D eigenvalue weighted by Gasteiger charge is 2.52. The van der Waals surface area contributed by atoms with Crippen LogP contribution in [-0.4, -0.2) is 57.1 Å². The molecular formula is C22H27N5O3. The van der Waals surface area contributed by atoms with Gasteiger partial charge in [0, 0.05) is 26.7 Å². The number of hydrogen-bond donors (Lipinski definition) is 3. The first-order valence-electron chi connectivity index (χ1n) is 10.6. The van der Waals surface area contributed by atoms with Crippen molar-refractivity contribution in [1.29, 1.82) is 0 Å². The van der Waals surface area contributed by atoms with E-state index < -0.39 is 17.9 Å². The summed E-state index contributed by atoms with van der Waals surface area (Å²) in [6.07, 6.45) is 7.49. The number of nitrogens with one attached hydrogen (secondary N) is 2. The van der Waals surface area contributed by atoms with Crippen LogP contribution < -0.4 is 10.8 Å². The normalized spacial score (nSPS) is 25.3. The molecule has 3 heterocycles. The van der Waals surface area contributed by atoms with Gasteiger partial charge in [0.2, 0.25) is 11.8 Å². The van der Waals surface area contributed by atoms with E-state index in [1.54, 1.807) is 5.48 Å². The van der Waals surface area contributed by atoms with Crippen LogP contribution in [0.25, 0.3) is 16.6 Å². The summed E-state index contributed by atoms with van der Waals surface area (Å²) in [7, 11) is 1.98. The summed E-state index contributed by atoms with van der Waals surface area (Å²) < 4.78 is 2.01. The average molecular weight is 409 g/mol. The molecule has 158 valence electrons. The molecule has 1 saturated carbocycles. The zero-order valence-corrected chi connectivity index (χ0v) is 17.1. The number of piperidine rings is 1. The second-order valence-corrected chi connectivity index (χ2v) is 8.97. The summed E-state index contributed by atoms with van der Waals surface area (Å²) in [6.45, 7) is 1.90. The van der Waals surface area contributed by atoms with Crippen molar-refractivity contribution in [3.8, 4) is 0 Å². The van der Waals surface area contributed by atoms with Crippen LogP contribution in [0.5, 0.6) is 0 Å². The van der Waals surface area contributed by atoms with Crippen molar-refractivity contribution in [1.82, 2.24) is 25.2 Å². The lowest BCUT2D eigenvalue weighted by Gasteiger charge is -2.38. The molecule has 8 heteroatoms. The van der Waals surface area contributed by atoms with Crippen molar-refractivity contribution < 1.29 is 14.8 Å². The molecule has 5 rings (SSSR count). The highest BCUT2D eigenvalue weighted by Crippen LogP contribution is 2.52. The molecule has 1 aromatic carbocycles. The van der Waals surface area contributed by atoms with Gasteiger partial charge in [-0.1, -0.05) is 12.1 Å². The van der Waals surface area contributed by atoms with Gasteiger partial charge in [-0.05, 0) is 54.4 Å². The Morgan fingerprint density at radius 3 is 2.87 bits per heavy atom. The molecule has 2 amide bonds. The quantitative estimate of drug-likeness (QED) is 0.526.